The first-order chi connectivity index (χ1) is 21.7. The van der Waals surface area contributed by atoms with Crippen LogP contribution in [0.25, 0.3) is 10.9 Å². The minimum atomic E-state index is -1.23. The number of amides is 4. The second-order valence-electron chi connectivity index (χ2n) is 12.1. The summed E-state index contributed by atoms with van der Waals surface area (Å²) in [5.74, 6) is -1.34. The molecule has 2 saturated heterocycles. The summed E-state index contributed by atoms with van der Waals surface area (Å²) in [6.07, 6.45) is 1.70. The summed E-state index contributed by atoms with van der Waals surface area (Å²) in [5, 5.41) is 23.3. The number of nitrogens with one attached hydrogen (secondary N) is 4. The highest BCUT2D eigenvalue weighted by Crippen LogP contribution is 2.24. The summed E-state index contributed by atoms with van der Waals surface area (Å²) in [4.78, 5) is 60.3. The van der Waals surface area contributed by atoms with Crippen LogP contribution in [0.4, 0.5) is 5.69 Å². The first-order valence-corrected chi connectivity index (χ1v) is 15.3. The molecule has 2 aliphatic heterocycles. The molecule has 5 unspecified atom stereocenters. The maximum atomic E-state index is 13.8. The van der Waals surface area contributed by atoms with E-state index in [1.165, 1.54) is 4.90 Å². The number of aliphatic hydroxyl groups is 1. The van der Waals surface area contributed by atoms with Crippen molar-refractivity contribution in [1.82, 2.24) is 30.7 Å². The Labute approximate surface area is 262 Å². The number of carbonyl (C=O) groups is 4. The van der Waals surface area contributed by atoms with Crippen molar-refractivity contribution in [2.24, 2.45) is 0 Å². The number of aromatic nitrogens is 1. The summed E-state index contributed by atoms with van der Waals surface area (Å²) >= 11 is 0. The van der Waals surface area contributed by atoms with E-state index in [1.54, 1.807) is 11.1 Å². The Hall–Kier alpha value is -4.39. The lowest BCUT2D eigenvalue weighted by molar-refractivity contribution is -0.138. The number of pyridine rings is 1. The van der Waals surface area contributed by atoms with E-state index in [0.717, 1.165) is 16.5 Å². The first-order valence-electron chi connectivity index (χ1n) is 15.3. The summed E-state index contributed by atoms with van der Waals surface area (Å²) in [6, 6.07) is 16.8. The average molecular weight is 616 g/mol. The van der Waals surface area contributed by atoms with Gasteiger partial charge in [0.05, 0.1) is 30.0 Å². The number of nitrogens with zero attached hydrogens (tertiary/aromatic N) is 3. The van der Waals surface area contributed by atoms with Crippen LogP contribution in [0.15, 0.2) is 66.9 Å². The van der Waals surface area contributed by atoms with E-state index in [0.29, 0.717) is 25.1 Å². The van der Waals surface area contributed by atoms with Crippen LogP contribution in [-0.2, 0) is 25.6 Å². The molecule has 12 nitrogen and oxygen atoms in total. The topological polar surface area (TPSA) is 156 Å². The van der Waals surface area contributed by atoms with Gasteiger partial charge in [0, 0.05) is 30.6 Å². The molecule has 5 atom stereocenters. The molecule has 0 aliphatic carbocycles. The van der Waals surface area contributed by atoms with Gasteiger partial charge in [-0.3, -0.25) is 24.2 Å². The van der Waals surface area contributed by atoms with Crippen molar-refractivity contribution in [1.29, 1.82) is 0 Å². The number of aryl methyl sites for hydroxylation is 1. The Morgan fingerprint density at radius 2 is 1.78 bits per heavy atom. The number of fused-ring (bicyclic) bond motifs is 1. The van der Waals surface area contributed by atoms with E-state index < -0.39 is 36.0 Å². The van der Waals surface area contributed by atoms with Crippen LogP contribution in [0.3, 0.4) is 0 Å². The number of carbonyl (C=O) groups excluding carboxylic acids is 4. The Bertz CT molecular complexity index is 1520. The van der Waals surface area contributed by atoms with Crippen molar-refractivity contribution in [2.45, 2.75) is 56.0 Å². The molecule has 2 aliphatic rings. The molecule has 0 spiro atoms. The third-order valence-corrected chi connectivity index (χ3v) is 8.20. The van der Waals surface area contributed by atoms with E-state index in [2.05, 4.69) is 26.3 Å². The van der Waals surface area contributed by atoms with Gasteiger partial charge in [0.15, 0.2) is 0 Å². The number of hydrogen-bond acceptors (Lipinski definition) is 8. The SMILES string of the molecule is CN(C)CC(=O)NC1CNC(C(=O)N2CC(NC(=O)C(O)CCc3ccccc3)CC2C(=O)Nc2cnc3ccccc3c2)C1. The molecule has 1 aromatic heterocycles. The maximum Gasteiger partial charge on any atom is 0.249 e. The Morgan fingerprint density at radius 3 is 2.56 bits per heavy atom. The molecule has 5 N–H and O–H groups in total. The van der Waals surface area contributed by atoms with E-state index in [9.17, 15) is 24.3 Å². The minimum absolute atomic E-state index is 0.111. The monoisotopic (exact) mass is 615 g/mol. The van der Waals surface area contributed by atoms with Crippen LogP contribution >= 0.6 is 0 Å². The molecule has 45 heavy (non-hydrogen) atoms. The molecular formula is C33H41N7O5. The molecule has 12 heteroatoms. The fraction of sp³-hybridized carbons (Fsp3) is 0.424. The van der Waals surface area contributed by atoms with Gasteiger partial charge in [-0.2, -0.15) is 0 Å². The highest BCUT2D eigenvalue weighted by molar-refractivity contribution is 5.99. The van der Waals surface area contributed by atoms with Crippen LogP contribution < -0.4 is 21.3 Å². The second kappa shape index (κ2) is 14.6. The normalized spacial score (nSPS) is 21.9. The number of anilines is 1. The molecule has 0 saturated carbocycles. The van der Waals surface area contributed by atoms with Gasteiger partial charge in [0.25, 0.3) is 0 Å². The summed E-state index contributed by atoms with van der Waals surface area (Å²) in [6.45, 7) is 0.780. The quantitative estimate of drug-likeness (QED) is 0.211. The van der Waals surface area contributed by atoms with Crippen LogP contribution in [0.1, 0.15) is 24.8 Å². The Kier molecular flexibility index (Phi) is 10.4. The highest BCUT2D eigenvalue weighted by Gasteiger charge is 2.44. The Balaban J connectivity index is 1.25. The molecule has 2 aromatic carbocycles. The van der Waals surface area contributed by atoms with Gasteiger partial charge >= 0.3 is 0 Å². The first kappa shape index (κ1) is 32.0. The van der Waals surface area contributed by atoms with Gasteiger partial charge in [-0.15, -0.1) is 0 Å². The third-order valence-electron chi connectivity index (χ3n) is 8.20. The number of para-hydroxylation sites is 1. The number of rotatable bonds is 11. The molecule has 0 radical (unpaired) electrons. The predicted octanol–water partition coefficient (Wildman–Crippen LogP) is 0.661. The van der Waals surface area contributed by atoms with Crippen molar-refractivity contribution < 1.29 is 24.3 Å². The molecular weight excluding hydrogens is 574 g/mol. The van der Waals surface area contributed by atoms with Gasteiger partial charge in [0.2, 0.25) is 23.6 Å². The molecule has 4 amide bonds. The van der Waals surface area contributed by atoms with Crippen molar-refractivity contribution in [3.63, 3.8) is 0 Å². The summed E-state index contributed by atoms with van der Waals surface area (Å²) < 4.78 is 0. The molecule has 3 aromatic rings. The summed E-state index contributed by atoms with van der Waals surface area (Å²) in [7, 11) is 3.62. The molecule has 0 bridgehead atoms. The van der Waals surface area contributed by atoms with Crippen molar-refractivity contribution in [2.75, 3.05) is 39.0 Å². The highest BCUT2D eigenvalue weighted by atomic mass is 16.3. The summed E-state index contributed by atoms with van der Waals surface area (Å²) in [5.41, 5.74) is 2.31. The zero-order valence-corrected chi connectivity index (χ0v) is 25.6. The van der Waals surface area contributed by atoms with E-state index in [4.69, 9.17) is 0 Å². The minimum Gasteiger partial charge on any atom is -0.383 e. The predicted molar refractivity (Wildman–Crippen MR) is 170 cm³/mol. The fourth-order valence-electron chi connectivity index (χ4n) is 5.97. The van der Waals surface area contributed by atoms with Gasteiger partial charge in [-0.1, -0.05) is 48.5 Å². The third kappa shape index (κ3) is 8.41. The van der Waals surface area contributed by atoms with Crippen molar-refractivity contribution in [3.05, 3.63) is 72.4 Å². The van der Waals surface area contributed by atoms with E-state index in [1.807, 2.05) is 74.8 Å². The number of likely N-dealkylation sites (N-methyl/N-ethyl adjacent to an activating group) is 1. The Morgan fingerprint density at radius 1 is 1.02 bits per heavy atom. The van der Waals surface area contributed by atoms with Gasteiger partial charge in [-0.25, -0.2) is 0 Å². The van der Waals surface area contributed by atoms with Gasteiger partial charge in [-0.05, 0) is 57.5 Å². The fourth-order valence-corrected chi connectivity index (χ4v) is 5.97. The zero-order valence-electron chi connectivity index (χ0n) is 25.6. The van der Waals surface area contributed by atoms with Crippen molar-refractivity contribution >= 4 is 40.2 Å². The zero-order chi connectivity index (χ0) is 31.9. The van der Waals surface area contributed by atoms with E-state index >= 15 is 0 Å². The lowest BCUT2D eigenvalue weighted by Crippen LogP contribution is -2.50. The van der Waals surface area contributed by atoms with Gasteiger partial charge < -0.3 is 36.2 Å². The number of aliphatic hydroxyl groups excluding tert-OH is 1. The van der Waals surface area contributed by atoms with Crippen LogP contribution in [0.2, 0.25) is 0 Å². The molecule has 5 rings (SSSR count). The average Bonchev–Trinajstić information content (AvgIpc) is 3.67. The lowest BCUT2D eigenvalue weighted by Gasteiger charge is -2.26. The molecule has 3 heterocycles. The smallest absolute Gasteiger partial charge is 0.249 e. The van der Waals surface area contributed by atoms with Crippen molar-refractivity contribution in [3.8, 4) is 0 Å². The van der Waals surface area contributed by atoms with Crippen LogP contribution in [0, 0.1) is 0 Å². The standard InChI is InChI=1S/C33H41N7O5/c1-39(2)20-30(42)36-24-15-27(35-18-24)33(45)40-19-25(38-32(44)29(41)13-12-21-8-4-3-5-9-21)16-28(40)31(43)37-23-14-22-10-6-7-11-26(22)34-17-23/h3-11,14,17,24-25,27-29,35,41H,12-13,15-16,18-20H2,1-2H3,(H,36,42)(H,37,43)(H,38,44). The maximum absolute atomic E-state index is 13.8. The van der Waals surface area contributed by atoms with Crippen LogP contribution in [0.5, 0.6) is 0 Å². The van der Waals surface area contributed by atoms with E-state index in [-0.39, 0.29) is 43.8 Å². The number of hydrogen-bond donors (Lipinski definition) is 5. The molecule has 2 fully saturated rings. The van der Waals surface area contributed by atoms with Crippen LogP contribution in [-0.4, -0.2) is 108 Å². The number of likely N-dealkylation sites (tertiary alicyclic amines) is 1. The lowest BCUT2D eigenvalue weighted by atomic mass is 10.1. The van der Waals surface area contributed by atoms with Gasteiger partial charge in [0.1, 0.15) is 12.1 Å². The number of benzene rings is 2. The molecule has 238 valence electrons. The largest absolute Gasteiger partial charge is 0.383 e. The second-order valence-corrected chi connectivity index (χ2v) is 12.1.